The van der Waals surface area contributed by atoms with E-state index in [1.54, 1.807) is 31.3 Å². The van der Waals surface area contributed by atoms with Gasteiger partial charge in [0.1, 0.15) is 0 Å². The van der Waals surface area contributed by atoms with E-state index in [0.29, 0.717) is 0 Å². The van der Waals surface area contributed by atoms with Crippen molar-refractivity contribution in [1.82, 2.24) is 10.2 Å². The number of benzene rings is 2. The Hall–Kier alpha value is -2.87. The summed E-state index contributed by atoms with van der Waals surface area (Å²) in [5.74, 6) is -0.999. The second-order valence-electron chi connectivity index (χ2n) is 6.29. The van der Waals surface area contributed by atoms with Crippen molar-refractivity contribution >= 4 is 21.8 Å². The predicted molar refractivity (Wildman–Crippen MR) is 101 cm³/mol. The molecule has 0 aromatic heterocycles. The van der Waals surface area contributed by atoms with Crippen LogP contribution in [-0.2, 0) is 16.4 Å². The van der Waals surface area contributed by atoms with Gasteiger partial charge in [-0.15, -0.1) is 0 Å². The first-order valence-corrected chi connectivity index (χ1v) is 10.1. The van der Waals surface area contributed by atoms with E-state index in [1.165, 1.54) is 29.2 Å². The van der Waals surface area contributed by atoms with Crippen molar-refractivity contribution < 1.29 is 23.1 Å². The number of urea groups is 1. The molecule has 0 radical (unpaired) electrons. The number of aromatic carboxylic acids is 1. The number of hydrogen-bond donors (Lipinski definition) is 2. The van der Waals surface area contributed by atoms with Crippen LogP contribution in [0, 0.1) is 0 Å². The zero-order valence-electron chi connectivity index (χ0n) is 15.3. The first kappa shape index (κ1) is 20.4. The number of rotatable bonds is 6. The number of carboxylic acid groups (broad SMARTS) is 1. The summed E-state index contributed by atoms with van der Waals surface area (Å²) in [5.41, 5.74) is 1.78. The fourth-order valence-corrected chi connectivity index (χ4v) is 3.09. The van der Waals surface area contributed by atoms with Crippen molar-refractivity contribution in [2.24, 2.45) is 0 Å². The summed E-state index contributed by atoms with van der Waals surface area (Å²) < 4.78 is 23.1. The van der Waals surface area contributed by atoms with Crippen LogP contribution in [0.25, 0.3) is 0 Å². The second kappa shape index (κ2) is 8.22. The van der Waals surface area contributed by atoms with E-state index in [-0.39, 0.29) is 29.1 Å². The Morgan fingerprint density at radius 3 is 2.11 bits per heavy atom. The highest BCUT2D eigenvalue weighted by atomic mass is 32.2. The van der Waals surface area contributed by atoms with Gasteiger partial charge in [-0.1, -0.05) is 24.3 Å². The van der Waals surface area contributed by atoms with Crippen LogP contribution in [0.4, 0.5) is 4.79 Å². The molecule has 27 heavy (non-hydrogen) atoms. The van der Waals surface area contributed by atoms with E-state index in [4.69, 9.17) is 5.11 Å². The summed E-state index contributed by atoms with van der Waals surface area (Å²) in [6, 6.07) is 12.1. The monoisotopic (exact) mass is 390 g/mol. The minimum atomic E-state index is -3.26. The molecule has 0 aliphatic rings. The van der Waals surface area contributed by atoms with Crippen LogP contribution in [0.1, 0.15) is 34.5 Å². The summed E-state index contributed by atoms with van der Waals surface area (Å²) in [5, 5.41) is 11.7. The van der Waals surface area contributed by atoms with Crippen LogP contribution < -0.4 is 5.32 Å². The quantitative estimate of drug-likeness (QED) is 0.789. The molecule has 1 unspecified atom stereocenters. The van der Waals surface area contributed by atoms with Crippen molar-refractivity contribution in [2.45, 2.75) is 24.4 Å². The topological polar surface area (TPSA) is 104 Å². The third-order valence-corrected chi connectivity index (χ3v) is 5.47. The number of sulfone groups is 1. The first-order valence-electron chi connectivity index (χ1n) is 8.22. The fraction of sp³-hybridized carbons (Fsp3) is 0.263. The smallest absolute Gasteiger partial charge is 0.335 e. The number of nitrogens with zero attached hydrogens (tertiary/aromatic N) is 1. The Balaban J connectivity index is 1.98. The zero-order chi connectivity index (χ0) is 20.2. The standard InChI is InChI=1S/C19H22N2O5S/c1-13(15-8-10-17(11-9-15)27(3,25)26)21(2)19(24)20-12-14-4-6-16(7-5-14)18(22)23/h4-11,13H,12H2,1-3H3,(H,20,24)(H,22,23). The number of carbonyl (C=O) groups excluding carboxylic acids is 1. The van der Waals surface area contributed by atoms with Gasteiger partial charge in [-0.3, -0.25) is 0 Å². The molecule has 144 valence electrons. The summed E-state index contributed by atoms with van der Waals surface area (Å²) in [6.07, 6.45) is 1.15. The molecule has 2 N–H and O–H groups in total. The molecule has 0 fully saturated rings. The van der Waals surface area contributed by atoms with E-state index < -0.39 is 15.8 Å². The van der Waals surface area contributed by atoms with E-state index in [2.05, 4.69) is 5.32 Å². The highest BCUT2D eigenvalue weighted by Gasteiger charge is 2.18. The van der Waals surface area contributed by atoms with Crippen molar-refractivity contribution in [2.75, 3.05) is 13.3 Å². The highest BCUT2D eigenvalue weighted by Crippen LogP contribution is 2.21. The number of hydrogen-bond acceptors (Lipinski definition) is 4. The van der Waals surface area contributed by atoms with Crippen molar-refractivity contribution in [3.8, 4) is 0 Å². The Morgan fingerprint density at radius 1 is 1.07 bits per heavy atom. The van der Waals surface area contributed by atoms with E-state index in [9.17, 15) is 18.0 Å². The van der Waals surface area contributed by atoms with E-state index >= 15 is 0 Å². The third kappa shape index (κ3) is 5.30. The van der Waals surface area contributed by atoms with Gasteiger partial charge >= 0.3 is 12.0 Å². The lowest BCUT2D eigenvalue weighted by atomic mass is 10.1. The minimum absolute atomic E-state index is 0.188. The minimum Gasteiger partial charge on any atom is -0.478 e. The van der Waals surface area contributed by atoms with Crippen molar-refractivity contribution in [3.63, 3.8) is 0 Å². The van der Waals surface area contributed by atoms with Crippen LogP contribution in [-0.4, -0.2) is 43.7 Å². The maximum Gasteiger partial charge on any atom is 0.335 e. The molecule has 0 spiro atoms. The van der Waals surface area contributed by atoms with Crippen LogP contribution in [0.15, 0.2) is 53.4 Å². The first-order chi connectivity index (χ1) is 12.6. The van der Waals surface area contributed by atoms with E-state index in [0.717, 1.165) is 17.4 Å². The van der Waals surface area contributed by atoms with Gasteiger partial charge < -0.3 is 15.3 Å². The van der Waals surface area contributed by atoms with Crippen LogP contribution in [0.3, 0.4) is 0 Å². The molecule has 0 bridgehead atoms. The Bertz CT molecular complexity index is 922. The van der Waals surface area contributed by atoms with Gasteiger partial charge in [-0.2, -0.15) is 0 Å². The molecule has 7 nitrogen and oxygen atoms in total. The summed E-state index contributed by atoms with van der Waals surface area (Å²) in [6.45, 7) is 2.11. The number of nitrogens with one attached hydrogen (secondary N) is 1. The molecule has 2 amide bonds. The lowest BCUT2D eigenvalue weighted by Gasteiger charge is -2.25. The Kier molecular flexibility index (Phi) is 6.22. The van der Waals surface area contributed by atoms with Crippen LogP contribution >= 0.6 is 0 Å². The van der Waals surface area contributed by atoms with Crippen LogP contribution in [0.2, 0.25) is 0 Å². The molecule has 0 aliphatic carbocycles. The fourth-order valence-electron chi connectivity index (χ4n) is 2.46. The average molecular weight is 390 g/mol. The molecule has 0 aliphatic heterocycles. The van der Waals surface area contributed by atoms with Gasteiger partial charge in [0, 0.05) is 19.8 Å². The molecule has 1 atom stereocenters. The van der Waals surface area contributed by atoms with Gasteiger partial charge in [-0.05, 0) is 42.3 Å². The Morgan fingerprint density at radius 2 is 1.63 bits per heavy atom. The van der Waals surface area contributed by atoms with Gasteiger partial charge in [-0.25, -0.2) is 18.0 Å². The normalized spacial score (nSPS) is 12.3. The van der Waals surface area contributed by atoms with Gasteiger partial charge in [0.05, 0.1) is 16.5 Å². The maximum absolute atomic E-state index is 12.4. The molecule has 0 saturated heterocycles. The highest BCUT2D eigenvalue weighted by molar-refractivity contribution is 7.90. The SMILES string of the molecule is CC(c1ccc(S(C)(=O)=O)cc1)N(C)C(=O)NCc1ccc(C(=O)O)cc1. The molecule has 0 heterocycles. The molecule has 0 saturated carbocycles. The number of carboxylic acids is 1. The largest absolute Gasteiger partial charge is 0.478 e. The lowest BCUT2D eigenvalue weighted by Crippen LogP contribution is -2.38. The summed E-state index contributed by atoms with van der Waals surface area (Å²) in [4.78, 5) is 24.9. The predicted octanol–water partition coefficient (Wildman–Crippen LogP) is 2.69. The maximum atomic E-state index is 12.4. The summed E-state index contributed by atoms with van der Waals surface area (Å²) in [7, 11) is -1.61. The molecule has 2 aromatic rings. The third-order valence-electron chi connectivity index (χ3n) is 4.34. The van der Waals surface area contributed by atoms with Crippen molar-refractivity contribution in [3.05, 3.63) is 65.2 Å². The lowest BCUT2D eigenvalue weighted by molar-refractivity contribution is 0.0696. The van der Waals surface area contributed by atoms with Gasteiger partial charge in [0.25, 0.3) is 0 Å². The second-order valence-corrected chi connectivity index (χ2v) is 8.30. The van der Waals surface area contributed by atoms with Gasteiger partial charge in [0.2, 0.25) is 0 Å². The molecule has 8 heteroatoms. The number of amides is 2. The van der Waals surface area contributed by atoms with Gasteiger partial charge in [0.15, 0.2) is 9.84 Å². The Labute approximate surface area is 158 Å². The molecular weight excluding hydrogens is 368 g/mol. The molecule has 2 aromatic carbocycles. The molecular formula is C19H22N2O5S. The number of carbonyl (C=O) groups is 2. The average Bonchev–Trinajstić information content (AvgIpc) is 2.64. The summed E-state index contributed by atoms with van der Waals surface area (Å²) >= 11 is 0. The van der Waals surface area contributed by atoms with Crippen LogP contribution in [0.5, 0.6) is 0 Å². The van der Waals surface area contributed by atoms with E-state index in [1.807, 2.05) is 6.92 Å². The zero-order valence-corrected chi connectivity index (χ0v) is 16.2. The van der Waals surface area contributed by atoms with Crippen molar-refractivity contribution in [1.29, 1.82) is 0 Å². The molecule has 2 rings (SSSR count).